The second kappa shape index (κ2) is 6.86. The Bertz CT molecular complexity index is 498. The van der Waals surface area contributed by atoms with E-state index in [2.05, 4.69) is 25.4 Å². The molecule has 0 heterocycles. The Kier molecular flexibility index (Phi) is 5.77. The molecule has 0 atom stereocenters. The molecule has 0 radical (unpaired) electrons. The van der Waals surface area contributed by atoms with Crippen LogP contribution in [0, 0.1) is 0 Å². The predicted molar refractivity (Wildman–Crippen MR) is 71.4 cm³/mol. The van der Waals surface area contributed by atoms with E-state index >= 15 is 0 Å². The fraction of sp³-hybridized carbons (Fsp3) is 0.364. The van der Waals surface area contributed by atoms with Crippen LogP contribution in [0.3, 0.4) is 0 Å². The summed E-state index contributed by atoms with van der Waals surface area (Å²) in [6, 6.07) is 7.29. The van der Waals surface area contributed by atoms with Crippen LogP contribution >= 0.6 is 15.9 Å². The molecule has 1 N–H and O–H groups in total. The summed E-state index contributed by atoms with van der Waals surface area (Å²) in [5, 5.41) is 0. The van der Waals surface area contributed by atoms with E-state index in [4.69, 9.17) is 0 Å². The van der Waals surface area contributed by atoms with Gasteiger partial charge in [0.15, 0.2) is 0 Å². The maximum absolute atomic E-state index is 11.6. The molecule has 1 aromatic rings. The summed E-state index contributed by atoms with van der Waals surface area (Å²) in [6.07, 6.45) is -0.147. The lowest BCUT2D eigenvalue weighted by Crippen LogP contribution is -2.27. The van der Waals surface area contributed by atoms with Gasteiger partial charge < -0.3 is 4.74 Å². The highest BCUT2D eigenvalue weighted by atomic mass is 79.9. The molecule has 7 heteroatoms. The molecule has 0 spiro atoms. The molecule has 18 heavy (non-hydrogen) atoms. The maximum Gasteiger partial charge on any atom is 0.306 e. The fourth-order valence-electron chi connectivity index (χ4n) is 1.19. The number of ether oxygens (including phenoxy) is 1. The number of sulfonamides is 1. The smallest absolute Gasteiger partial charge is 0.306 e. The summed E-state index contributed by atoms with van der Waals surface area (Å²) in [7, 11) is -2.23. The van der Waals surface area contributed by atoms with Crippen LogP contribution in [0.15, 0.2) is 28.7 Å². The van der Waals surface area contributed by atoms with Gasteiger partial charge in [0.2, 0.25) is 10.0 Å². The zero-order chi connectivity index (χ0) is 13.6. The molecule has 100 valence electrons. The number of carbonyl (C=O) groups is 1. The van der Waals surface area contributed by atoms with E-state index in [9.17, 15) is 13.2 Å². The molecule has 0 aliphatic carbocycles. The highest BCUT2D eigenvalue weighted by Crippen LogP contribution is 2.10. The molecule has 5 nitrogen and oxygen atoms in total. The van der Waals surface area contributed by atoms with E-state index in [1.807, 2.05) is 24.3 Å². The summed E-state index contributed by atoms with van der Waals surface area (Å²) in [5.74, 6) is -0.806. The Morgan fingerprint density at radius 3 is 2.50 bits per heavy atom. The number of hydrogen-bond donors (Lipinski definition) is 1. The van der Waals surface area contributed by atoms with Gasteiger partial charge in [0.25, 0.3) is 0 Å². The number of rotatable bonds is 6. The summed E-state index contributed by atoms with van der Waals surface area (Å²) in [6.45, 7) is 0.205. The first-order valence-corrected chi connectivity index (χ1v) is 7.66. The molecular weight excluding hydrogens is 322 g/mol. The van der Waals surface area contributed by atoms with Crippen molar-refractivity contribution >= 4 is 31.9 Å². The number of methoxy groups -OCH3 is 1. The van der Waals surface area contributed by atoms with Crippen molar-refractivity contribution in [3.05, 3.63) is 34.3 Å². The summed E-state index contributed by atoms with van der Waals surface area (Å²) < 4.78 is 30.9. The molecule has 0 aromatic heterocycles. The van der Waals surface area contributed by atoms with Crippen LogP contribution in [-0.4, -0.2) is 27.2 Å². The Morgan fingerprint density at radius 2 is 1.94 bits per heavy atom. The second-order valence-electron chi connectivity index (χ2n) is 3.59. The van der Waals surface area contributed by atoms with Crippen molar-refractivity contribution in [2.24, 2.45) is 0 Å². The number of esters is 1. The minimum atomic E-state index is -3.46. The van der Waals surface area contributed by atoms with Gasteiger partial charge in [0.1, 0.15) is 0 Å². The first-order valence-electron chi connectivity index (χ1n) is 5.21. The van der Waals surface area contributed by atoms with E-state index in [-0.39, 0.29) is 18.7 Å². The van der Waals surface area contributed by atoms with E-state index in [1.165, 1.54) is 7.11 Å². The summed E-state index contributed by atoms with van der Waals surface area (Å²) >= 11 is 3.29. The Hall–Kier alpha value is -0.920. The molecular formula is C11H14BrNO4S. The lowest BCUT2D eigenvalue weighted by Gasteiger charge is -2.06. The van der Waals surface area contributed by atoms with E-state index in [1.54, 1.807) is 0 Å². The third kappa shape index (κ3) is 5.61. The van der Waals surface area contributed by atoms with Crippen molar-refractivity contribution in [1.29, 1.82) is 0 Å². The quantitative estimate of drug-likeness (QED) is 0.798. The average Bonchev–Trinajstić information content (AvgIpc) is 2.35. The minimum Gasteiger partial charge on any atom is -0.469 e. The van der Waals surface area contributed by atoms with Crippen LogP contribution in [0.2, 0.25) is 0 Å². The Labute approximate surface area is 115 Å². The van der Waals surface area contributed by atoms with E-state index < -0.39 is 16.0 Å². The van der Waals surface area contributed by atoms with Gasteiger partial charge in [0, 0.05) is 11.0 Å². The van der Waals surface area contributed by atoms with Crippen LogP contribution < -0.4 is 4.72 Å². The van der Waals surface area contributed by atoms with Gasteiger partial charge in [-0.05, 0) is 17.7 Å². The average molecular weight is 336 g/mol. The summed E-state index contributed by atoms with van der Waals surface area (Å²) in [5.41, 5.74) is 0.847. The normalized spacial score (nSPS) is 11.2. The largest absolute Gasteiger partial charge is 0.469 e. The second-order valence-corrected chi connectivity index (χ2v) is 6.43. The third-order valence-electron chi connectivity index (χ3n) is 2.21. The number of halogens is 1. The monoisotopic (exact) mass is 335 g/mol. The van der Waals surface area contributed by atoms with Gasteiger partial charge in [0.05, 0.1) is 19.3 Å². The van der Waals surface area contributed by atoms with Gasteiger partial charge in [-0.1, -0.05) is 28.1 Å². The van der Waals surface area contributed by atoms with Gasteiger partial charge in [-0.15, -0.1) is 0 Å². The molecule has 0 unspecified atom stereocenters. The van der Waals surface area contributed by atoms with E-state index in [0.717, 1.165) is 10.0 Å². The first-order chi connectivity index (χ1) is 8.43. The minimum absolute atomic E-state index is 0.147. The van der Waals surface area contributed by atoms with Crippen molar-refractivity contribution in [2.45, 2.75) is 13.0 Å². The van der Waals surface area contributed by atoms with Gasteiger partial charge >= 0.3 is 5.97 Å². The van der Waals surface area contributed by atoms with Crippen molar-refractivity contribution in [3.63, 3.8) is 0 Å². The lowest BCUT2D eigenvalue weighted by molar-refractivity contribution is -0.140. The Morgan fingerprint density at radius 1 is 1.33 bits per heavy atom. The third-order valence-corrected chi connectivity index (χ3v) is 4.07. The Balaban J connectivity index is 2.46. The topological polar surface area (TPSA) is 72.5 Å². The SMILES string of the molecule is COC(=O)CCS(=O)(=O)NCc1ccc(Br)cc1. The molecule has 0 saturated heterocycles. The number of benzene rings is 1. The van der Waals surface area contributed by atoms with Crippen LogP contribution in [0.4, 0.5) is 0 Å². The zero-order valence-corrected chi connectivity index (χ0v) is 12.3. The molecule has 0 saturated carbocycles. The maximum atomic E-state index is 11.6. The van der Waals surface area contributed by atoms with E-state index in [0.29, 0.717) is 0 Å². The van der Waals surface area contributed by atoms with Crippen LogP contribution in [0.5, 0.6) is 0 Å². The predicted octanol–water partition coefficient (Wildman–Crippen LogP) is 1.43. The summed E-state index contributed by atoms with van der Waals surface area (Å²) in [4.78, 5) is 10.9. The standard InChI is InChI=1S/C11H14BrNO4S/c1-17-11(14)6-7-18(15,16)13-8-9-2-4-10(12)5-3-9/h2-5,13H,6-8H2,1H3. The number of carbonyl (C=O) groups excluding carboxylic acids is 1. The van der Waals surface area contributed by atoms with Gasteiger partial charge in [-0.25, -0.2) is 13.1 Å². The zero-order valence-electron chi connectivity index (χ0n) is 9.85. The van der Waals surface area contributed by atoms with Gasteiger partial charge in [-0.3, -0.25) is 4.79 Å². The molecule has 0 bridgehead atoms. The van der Waals surface area contributed by atoms with Gasteiger partial charge in [-0.2, -0.15) is 0 Å². The highest BCUT2D eigenvalue weighted by Gasteiger charge is 2.13. The first kappa shape index (κ1) is 15.1. The van der Waals surface area contributed by atoms with Crippen molar-refractivity contribution < 1.29 is 17.9 Å². The van der Waals surface area contributed by atoms with Crippen LogP contribution in [0.1, 0.15) is 12.0 Å². The fourth-order valence-corrected chi connectivity index (χ4v) is 2.42. The van der Waals surface area contributed by atoms with Crippen molar-refractivity contribution in [1.82, 2.24) is 4.72 Å². The number of hydrogen-bond acceptors (Lipinski definition) is 4. The van der Waals surface area contributed by atoms with Crippen molar-refractivity contribution in [2.75, 3.05) is 12.9 Å². The highest BCUT2D eigenvalue weighted by molar-refractivity contribution is 9.10. The van der Waals surface area contributed by atoms with Crippen molar-refractivity contribution in [3.8, 4) is 0 Å². The number of nitrogens with one attached hydrogen (secondary N) is 1. The molecule has 1 aromatic carbocycles. The molecule has 0 aliphatic heterocycles. The van der Waals surface area contributed by atoms with Crippen LogP contribution in [0.25, 0.3) is 0 Å². The van der Waals surface area contributed by atoms with Crippen LogP contribution in [-0.2, 0) is 26.1 Å². The molecule has 1 rings (SSSR count). The molecule has 0 fully saturated rings. The molecule has 0 amide bonds. The lowest BCUT2D eigenvalue weighted by atomic mass is 10.2. The molecule has 0 aliphatic rings.